The summed E-state index contributed by atoms with van der Waals surface area (Å²) in [6.07, 6.45) is 1.82. The maximum absolute atomic E-state index is 5.58. The van der Waals surface area contributed by atoms with Gasteiger partial charge in [0.1, 0.15) is 0 Å². The topological polar surface area (TPSA) is 53.2 Å². The highest BCUT2D eigenvalue weighted by molar-refractivity contribution is 7.80. The van der Waals surface area contributed by atoms with Crippen LogP contribution in [0.4, 0.5) is 0 Å². The van der Waals surface area contributed by atoms with E-state index in [1.807, 2.05) is 24.4 Å². The molecule has 1 aliphatic heterocycles. The first kappa shape index (κ1) is 16.0. The third kappa shape index (κ3) is 3.09. The predicted octanol–water partition coefficient (Wildman–Crippen LogP) is 2.65. The lowest BCUT2D eigenvalue weighted by Crippen LogP contribution is -2.32. The van der Waals surface area contributed by atoms with E-state index < -0.39 is 0 Å². The average molecular weight is 330 g/mol. The fraction of sp³-hybridized carbons (Fsp3) is 0.412. The van der Waals surface area contributed by atoms with Crippen molar-refractivity contribution in [1.82, 2.24) is 20.2 Å². The van der Waals surface area contributed by atoms with Gasteiger partial charge in [-0.1, -0.05) is 6.07 Å². The third-order valence-electron chi connectivity index (χ3n) is 4.24. The second-order valence-electron chi connectivity index (χ2n) is 5.85. The van der Waals surface area contributed by atoms with E-state index >= 15 is 0 Å². The van der Waals surface area contributed by atoms with Crippen LogP contribution >= 0.6 is 12.2 Å². The second-order valence-corrected chi connectivity index (χ2v) is 6.23. The van der Waals surface area contributed by atoms with Crippen molar-refractivity contribution in [2.24, 2.45) is 0 Å². The summed E-state index contributed by atoms with van der Waals surface area (Å²) in [5.74, 6) is 0. The van der Waals surface area contributed by atoms with Crippen LogP contribution in [0.1, 0.15) is 34.7 Å². The molecule has 0 aromatic carbocycles. The monoisotopic (exact) mass is 330 g/mol. The number of aromatic nitrogens is 2. The third-order valence-corrected chi connectivity index (χ3v) is 4.59. The lowest BCUT2D eigenvalue weighted by molar-refractivity contribution is 0.164. The Balaban J connectivity index is 2.01. The fourth-order valence-corrected chi connectivity index (χ4v) is 3.56. The minimum absolute atomic E-state index is 0.0365. The molecule has 6 heteroatoms. The number of nitrogens with zero attached hydrogens (tertiary/aromatic N) is 2. The molecule has 2 N–H and O–H groups in total. The molecule has 2 aromatic rings. The number of nitrogens with one attached hydrogen (secondary N) is 2. The van der Waals surface area contributed by atoms with E-state index in [0.717, 1.165) is 23.0 Å². The highest BCUT2D eigenvalue weighted by Gasteiger charge is 2.40. The Morgan fingerprint density at radius 2 is 2.17 bits per heavy atom. The molecule has 0 unspecified atom stereocenters. The first-order valence-corrected chi connectivity index (χ1v) is 8.15. The Hall–Kier alpha value is -1.92. The van der Waals surface area contributed by atoms with Crippen LogP contribution in [-0.2, 0) is 4.74 Å². The fourth-order valence-electron chi connectivity index (χ4n) is 3.23. The molecule has 3 heterocycles. The van der Waals surface area contributed by atoms with E-state index in [0.29, 0.717) is 6.61 Å². The number of aromatic amines is 1. The number of H-pyrrole nitrogens is 1. The largest absolute Gasteiger partial charge is 0.383 e. The van der Waals surface area contributed by atoms with Crippen molar-refractivity contribution < 1.29 is 4.74 Å². The second kappa shape index (κ2) is 6.68. The van der Waals surface area contributed by atoms with Crippen LogP contribution in [0, 0.1) is 13.8 Å². The van der Waals surface area contributed by atoms with Crippen molar-refractivity contribution in [3.63, 3.8) is 0 Å². The molecule has 0 aliphatic carbocycles. The van der Waals surface area contributed by atoms with Gasteiger partial charge in [0.2, 0.25) is 0 Å². The van der Waals surface area contributed by atoms with Gasteiger partial charge in [-0.3, -0.25) is 4.98 Å². The number of hydrogen-bond acceptors (Lipinski definition) is 3. The van der Waals surface area contributed by atoms with Gasteiger partial charge >= 0.3 is 0 Å². The van der Waals surface area contributed by atoms with Gasteiger partial charge in [-0.2, -0.15) is 0 Å². The van der Waals surface area contributed by atoms with E-state index in [1.165, 1.54) is 11.3 Å². The summed E-state index contributed by atoms with van der Waals surface area (Å²) in [6, 6.07) is 8.33. The number of thiocarbonyl (C=S) groups is 1. The Morgan fingerprint density at radius 1 is 1.35 bits per heavy atom. The summed E-state index contributed by atoms with van der Waals surface area (Å²) in [5.41, 5.74) is 4.57. The van der Waals surface area contributed by atoms with Gasteiger partial charge in [0.05, 0.1) is 24.4 Å². The van der Waals surface area contributed by atoms with Gasteiger partial charge in [0, 0.05) is 31.2 Å². The highest BCUT2D eigenvalue weighted by atomic mass is 32.1. The minimum atomic E-state index is 0.0365. The van der Waals surface area contributed by atoms with Gasteiger partial charge in [-0.15, -0.1) is 0 Å². The summed E-state index contributed by atoms with van der Waals surface area (Å²) < 4.78 is 5.26. The Kier molecular flexibility index (Phi) is 4.63. The van der Waals surface area contributed by atoms with Crippen LogP contribution in [-0.4, -0.2) is 40.2 Å². The quantitative estimate of drug-likeness (QED) is 0.826. The van der Waals surface area contributed by atoms with E-state index in [1.54, 1.807) is 7.11 Å². The lowest BCUT2D eigenvalue weighted by atomic mass is 9.97. The van der Waals surface area contributed by atoms with Gasteiger partial charge < -0.3 is 19.9 Å². The molecule has 0 bridgehead atoms. The molecule has 0 saturated carbocycles. The normalized spacial score (nSPS) is 20.8. The zero-order valence-electron chi connectivity index (χ0n) is 13.7. The van der Waals surface area contributed by atoms with Crippen LogP contribution in [0.3, 0.4) is 0 Å². The summed E-state index contributed by atoms with van der Waals surface area (Å²) >= 11 is 5.58. The van der Waals surface area contributed by atoms with E-state index in [4.69, 9.17) is 17.0 Å². The minimum Gasteiger partial charge on any atom is -0.383 e. The van der Waals surface area contributed by atoms with Gasteiger partial charge in [0.25, 0.3) is 0 Å². The van der Waals surface area contributed by atoms with Crippen LogP contribution in [0.5, 0.6) is 0 Å². The molecule has 5 nitrogen and oxygen atoms in total. The SMILES string of the molecule is COCCN1C(=S)N[C@@H](c2ccccn2)[C@H]1c1cc(C)[nH]c1C. The standard InChI is InChI=1S/C17H22N4OS/c1-11-10-13(12(2)19-11)16-15(14-6-4-5-7-18-14)20-17(23)21(16)8-9-22-3/h4-7,10,15-16,19H,8-9H2,1-3H3,(H,20,23)/t15-,16+/m0/s1. The Morgan fingerprint density at radius 3 is 2.78 bits per heavy atom. The van der Waals surface area contributed by atoms with Crippen molar-refractivity contribution in [3.05, 3.63) is 53.1 Å². The summed E-state index contributed by atoms with van der Waals surface area (Å²) in [6.45, 7) is 5.57. The molecule has 122 valence electrons. The Labute approximate surface area is 142 Å². The molecular weight excluding hydrogens is 308 g/mol. The molecule has 1 fully saturated rings. The van der Waals surface area contributed by atoms with E-state index in [9.17, 15) is 0 Å². The van der Waals surface area contributed by atoms with Crippen molar-refractivity contribution in [2.75, 3.05) is 20.3 Å². The van der Waals surface area contributed by atoms with Crippen molar-refractivity contribution in [2.45, 2.75) is 25.9 Å². The number of methoxy groups -OCH3 is 1. The molecule has 23 heavy (non-hydrogen) atoms. The van der Waals surface area contributed by atoms with E-state index in [-0.39, 0.29) is 12.1 Å². The molecular formula is C17H22N4OS. The molecule has 0 spiro atoms. The van der Waals surface area contributed by atoms with Crippen molar-refractivity contribution >= 4 is 17.3 Å². The van der Waals surface area contributed by atoms with Gasteiger partial charge in [-0.05, 0) is 49.8 Å². The molecule has 0 amide bonds. The summed E-state index contributed by atoms with van der Waals surface area (Å²) in [5, 5.41) is 4.19. The van der Waals surface area contributed by atoms with Crippen LogP contribution in [0.2, 0.25) is 0 Å². The van der Waals surface area contributed by atoms with Crippen LogP contribution in [0.15, 0.2) is 30.5 Å². The van der Waals surface area contributed by atoms with E-state index in [2.05, 4.69) is 40.1 Å². The lowest BCUT2D eigenvalue weighted by Gasteiger charge is -2.27. The number of aryl methyl sites for hydroxylation is 2. The molecule has 1 saturated heterocycles. The van der Waals surface area contributed by atoms with Crippen LogP contribution < -0.4 is 5.32 Å². The zero-order chi connectivity index (χ0) is 16.4. The van der Waals surface area contributed by atoms with Gasteiger partial charge in [-0.25, -0.2) is 0 Å². The first-order valence-electron chi connectivity index (χ1n) is 7.75. The number of rotatable bonds is 5. The molecule has 2 atom stereocenters. The first-order chi connectivity index (χ1) is 11.1. The average Bonchev–Trinajstić information content (AvgIpc) is 3.05. The molecule has 2 aromatic heterocycles. The Bertz CT molecular complexity index is 685. The smallest absolute Gasteiger partial charge is 0.170 e. The maximum atomic E-state index is 5.58. The highest BCUT2D eigenvalue weighted by Crippen LogP contribution is 2.39. The number of pyridine rings is 1. The molecule has 3 rings (SSSR count). The molecule has 0 radical (unpaired) electrons. The maximum Gasteiger partial charge on any atom is 0.170 e. The molecule has 1 aliphatic rings. The summed E-state index contributed by atoms with van der Waals surface area (Å²) in [4.78, 5) is 10.1. The van der Waals surface area contributed by atoms with Crippen molar-refractivity contribution in [3.8, 4) is 0 Å². The van der Waals surface area contributed by atoms with Crippen LogP contribution in [0.25, 0.3) is 0 Å². The predicted molar refractivity (Wildman–Crippen MR) is 94.3 cm³/mol. The van der Waals surface area contributed by atoms with Crippen molar-refractivity contribution in [1.29, 1.82) is 0 Å². The summed E-state index contributed by atoms with van der Waals surface area (Å²) in [7, 11) is 1.71. The number of ether oxygens (including phenoxy) is 1. The van der Waals surface area contributed by atoms with Gasteiger partial charge in [0.15, 0.2) is 5.11 Å². The number of hydrogen-bond donors (Lipinski definition) is 2. The zero-order valence-corrected chi connectivity index (χ0v) is 14.5.